The summed E-state index contributed by atoms with van der Waals surface area (Å²) in [7, 11) is -3.12. The van der Waals surface area contributed by atoms with Gasteiger partial charge in [0.2, 0.25) is 10.0 Å². The number of nitrogens with zero attached hydrogens (tertiary/aromatic N) is 2. The summed E-state index contributed by atoms with van der Waals surface area (Å²) in [6.07, 6.45) is 2.88. The van der Waals surface area contributed by atoms with E-state index in [2.05, 4.69) is 27.8 Å². The smallest absolute Gasteiger partial charge is 0.211 e. The Morgan fingerprint density at radius 2 is 1.88 bits per heavy atom. The molecule has 0 amide bonds. The van der Waals surface area contributed by atoms with E-state index >= 15 is 0 Å². The van der Waals surface area contributed by atoms with E-state index in [9.17, 15) is 8.42 Å². The van der Waals surface area contributed by atoms with E-state index in [1.807, 2.05) is 32.0 Å². The highest BCUT2D eigenvalue weighted by molar-refractivity contribution is 7.88. The first-order valence-corrected chi connectivity index (χ1v) is 10.3. The molecule has 7 heteroatoms. The maximum Gasteiger partial charge on any atom is 0.211 e. The van der Waals surface area contributed by atoms with E-state index in [1.165, 1.54) is 16.1 Å². The zero-order chi connectivity index (χ0) is 17.8. The van der Waals surface area contributed by atoms with Gasteiger partial charge < -0.3 is 10.6 Å². The van der Waals surface area contributed by atoms with Crippen molar-refractivity contribution in [2.24, 2.45) is 4.99 Å². The second-order valence-corrected chi connectivity index (χ2v) is 7.51. The van der Waals surface area contributed by atoms with Gasteiger partial charge in [-0.05, 0) is 25.3 Å². The Labute approximate surface area is 146 Å². The Bertz CT molecular complexity index is 588. The van der Waals surface area contributed by atoms with E-state index in [0.29, 0.717) is 26.1 Å². The van der Waals surface area contributed by atoms with Crippen LogP contribution in [0.2, 0.25) is 0 Å². The van der Waals surface area contributed by atoms with Crippen LogP contribution in [0, 0.1) is 0 Å². The molecule has 0 aromatic heterocycles. The summed E-state index contributed by atoms with van der Waals surface area (Å²) in [5.41, 5.74) is 1.28. The minimum absolute atomic E-state index is 0.498. The number of sulfonamides is 1. The van der Waals surface area contributed by atoms with E-state index in [1.54, 1.807) is 0 Å². The predicted octanol–water partition coefficient (Wildman–Crippen LogP) is 1.46. The molecular formula is C17H30N4O2S. The summed E-state index contributed by atoms with van der Waals surface area (Å²) in [5.74, 6) is 0.774. The van der Waals surface area contributed by atoms with Gasteiger partial charge >= 0.3 is 0 Å². The molecule has 0 bridgehead atoms. The lowest BCUT2D eigenvalue weighted by Gasteiger charge is -2.17. The van der Waals surface area contributed by atoms with Crippen LogP contribution in [-0.2, 0) is 16.4 Å². The Hall–Kier alpha value is -1.60. The third-order valence-electron chi connectivity index (χ3n) is 3.55. The first kappa shape index (κ1) is 20.4. The van der Waals surface area contributed by atoms with E-state index in [4.69, 9.17) is 0 Å². The standard InChI is InChI=1S/C17H30N4O2S/c1-4-18-17(20-14-12-16-10-7-6-8-11-16)19-13-9-15-21(5-2)24(3,22)23/h6-8,10-11H,4-5,9,12-15H2,1-3H3,(H2,18,19,20). The van der Waals surface area contributed by atoms with Crippen molar-refractivity contribution in [3.63, 3.8) is 0 Å². The van der Waals surface area contributed by atoms with Gasteiger partial charge in [0.25, 0.3) is 0 Å². The monoisotopic (exact) mass is 354 g/mol. The number of guanidine groups is 1. The molecule has 0 aliphatic rings. The lowest BCUT2D eigenvalue weighted by atomic mass is 10.1. The average molecular weight is 355 g/mol. The Balaban J connectivity index is 2.39. The van der Waals surface area contributed by atoms with E-state index in [-0.39, 0.29) is 0 Å². The van der Waals surface area contributed by atoms with Gasteiger partial charge in [0.1, 0.15) is 0 Å². The molecule has 0 unspecified atom stereocenters. The summed E-state index contributed by atoms with van der Waals surface area (Å²) >= 11 is 0. The fourth-order valence-electron chi connectivity index (χ4n) is 2.31. The van der Waals surface area contributed by atoms with Crippen molar-refractivity contribution in [1.82, 2.24) is 14.9 Å². The molecule has 0 aliphatic heterocycles. The molecule has 24 heavy (non-hydrogen) atoms. The van der Waals surface area contributed by atoms with Gasteiger partial charge in [-0.3, -0.25) is 4.99 Å². The van der Waals surface area contributed by atoms with Gasteiger partial charge in [-0.15, -0.1) is 0 Å². The van der Waals surface area contributed by atoms with Gasteiger partial charge in [0.05, 0.1) is 6.26 Å². The third-order valence-corrected chi connectivity index (χ3v) is 4.93. The van der Waals surface area contributed by atoms with Crippen molar-refractivity contribution in [1.29, 1.82) is 0 Å². The number of rotatable bonds is 10. The molecule has 0 aliphatic carbocycles. The van der Waals surface area contributed by atoms with Crippen molar-refractivity contribution in [2.75, 3.05) is 39.0 Å². The molecule has 0 saturated heterocycles. The maximum atomic E-state index is 11.5. The second-order valence-electron chi connectivity index (χ2n) is 5.53. The molecule has 0 spiro atoms. The van der Waals surface area contributed by atoms with Crippen molar-refractivity contribution < 1.29 is 8.42 Å². The zero-order valence-electron chi connectivity index (χ0n) is 15.0. The van der Waals surface area contributed by atoms with Gasteiger partial charge in [-0.25, -0.2) is 12.7 Å². The van der Waals surface area contributed by atoms with Gasteiger partial charge in [-0.1, -0.05) is 37.3 Å². The van der Waals surface area contributed by atoms with Crippen LogP contribution in [0.5, 0.6) is 0 Å². The van der Waals surface area contributed by atoms with Gasteiger partial charge in [0.15, 0.2) is 5.96 Å². The quantitative estimate of drug-likeness (QED) is 0.379. The van der Waals surface area contributed by atoms with Crippen LogP contribution in [0.15, 0.2) is 35.3 Å². The largest absolute Gasteiger partial charge is 0.357 e. The number of hydrogen-bond donors (Lipinski definition) is 2. The average Bonchev–Trinajstić information content (AvgIpc) is 2.54. The highest BCUT2D eigenvalue weighted by Crippen LogP contribution is 1.99. The fourth-order valence-corrected chi connectivity index (χ4v) is 3.24. The first-order chi connectivity index (χ1) is 11.5. The van der Waals surface area contributed by atoms with Crippen LogP contribution in [0.3, 0.4) is 0 Å². The topological polar surface area (TPSA) is 73.8 Å². The highest BCUT2D eigenvalue weighted by atomic mass is 32.2. The summed E-state index contributed by atoms with van der Waals surface area (Å²) in [4.78, 5) is 4.51. The van der Waals surface area contributed by atoms with Gasteiger partial charge in [0, 0.05) is 32.7 Å². The number of hydrogen-bond acceptors (Lipinski definition) is 3. The van der Waals surface area contributed by atoms with Crippen LogP contribution in [0.25, 0.3) is 0 Å². The highest BCUT2D eigenvalue weighted by Gasteiger charge is 2.12. The summed E-state index contributed by atoms with van der Waals surface area (Å²) in [6, 6.07) is 10.3. The van der Waals surface area contributed by atoms with Crippen molar-refractivity contribution in [3.8, 4) is 0 Å². The molecule has 0 radical (unpaired) electrons. The molecule has 1 aromatic carbocycles. The van der Waals surface area contributed by atoms with Crippen molar-refractivity contribution >= 4 is 16.0 Å². The SMILES string of the molecule is CCNC(=NCCCN(CC)S(C)(=O)=O)NCCc1ccccc1. The normalized spacial score (nSPS) is 12.4. The van der Waals surface area contributed by atoms with Crippen LogP contribution in [-0.4, -0.2) is 57.7 Å². The van der Waals surface area contributed by atoms with Crippen molar-refractivity contribution in [2.45, 2.75) is 26.7 Å². The molecular weight excluding hydrogens is 324 g/mol. The first-order valence-electron chi connectivity index (χ1n) is 8.48. The molecule has 0 saturated carbocycles. The second kappa shape index (κ2) is 11.0. The number of nitrogens with one attached hydrogen (secondary N) is 2. The molecule has 1 rings (SSSR count). The minimum atomic E-state index is -3.12. The Morgan fingerprint density at radius 1 is 1.17 bits per heavy atom. The van der Waals surface area contributed by atoms with Crippen LogP contribution in [0.4, 0.5) is 0 Å². The number of aliphatic imine (C=N–C) groups is 1. The predicted molar refractivity (Wildman–Crippen MR) is 101 cm³/mol. The van der Waals surface area contributed by atoms with Crippen molar-refractivity contribution in [3.05, 3.63) is 35.9 Å². The van der Waals surface area contributed by atoms with E-state index in [0.717, 1.165) is 25.5 Å². The molecule has 0 heterocycles. The zero-order valence-corrected chi connectivity index (χ0v) is 15.8. The van der Waals surface area contributed by atoms with Crippen LogP contribution >= 0.6 is 0 Å². The maximum absolute atomic E-state index is 11.5. The molecule has 0 atom stereocenters. The van der Waals surface area contributed by atoms with Crippen LogP contribution in [0.1, 0.15) is 25.8 Å². The lowest BCUT2D eigenvalue weighted by molar-refractivity contribution is 0.427. The summed E-state index contributed by atoms with van der Waals surface area (Å²) in [6.45, 7) is 7.06. The lowest BCUT2D eigenvalue weighted by Crippen LogP contribution is -2.38. The molecule has 1 aromatic rings. The van der Waals surface area contributed by atoms with Gasteiger partial charge in [-0.2, -0.15) is 0 Å². The minimum Gasteiger partial charge on any atom is -0.357 e. The molecule has 0 fully saturated rings. The van der Waals surface area contributed by atoms with Crippen LogP contribution < -0.4 is 10.6 Å². The van der Waals surface area contributed by atoms with E-state index < -0.39 is 10.0 Å². The fraction of sp³-hybridized carbons (Fsp3) is 0.588. The summed E-state index contributed by atoms with van der Waals surface area (Å²) in [5, 5.41) is 6.52. The Morgan fingerprint density at radius 3 is 2.46 bits per heavy atom. The number of benzene rings is 1. The third kappa shape index (κ3) is 8.31. The molecule has 2 N–H and O–H groups in total. The molecule has 6 nitrogen and oxygen atoms in total. The molecule has 136 valence electrons. The Kier molecular flexibility index (Phi) is 9.41. The summed E-state index contributed by atoms with van der Waals surface area (Å²) < 4.78 is 24.5.